The smallest absolute Gasteiger partial charge is 0.329 e. The van der Waals surface area contributed by atoms with Crippen LogP contribution in [-0.2, 0) is 35.5 Å². The van der Waals surface area contributed by atoms with E-state index >= 15 is 0 Å². The maximum atomic E-state index is 10.7. The fourth-order valence-electron chi connectivity index (χ4n) is 3.65. The fraction of sp³-hybridized carbons (Fsp3) is 0.381. The van der Waals surface area contributed by atoms with Crippen LogP contribution in [0.3, 0.4) is 0 Å². The number of aromatic nitrogens is 2. The second-order valence-corrected chi connectivity index (χ2v) is 8.02. The number of rotatable bonds is 8. The van der Waals surface area contributed by atoms with Gasteiger partial charge in [-0.1, -0.05) is 18.2 Å². The van der Waals surface area contributed by atoms with Gasteiger partial charge in [0.1, 0.15) is 29.6 Å². The molecule has 0 bridgehead atoms. The van der Waals surface area contributed by atoms with Crippen molar-refractivity contribution in [2.75, 3.05) is 19.0 Å². The number of hydrogen-bond acceptors (Lipinski definition) is 7. The van der Waals surface area contributed by atoms with Gasteiger partial charge < -0.3 is 19.9 Å². The SMILES string of the molecule is COc1ccccc1CNc1nc(COCC(=O)O)nc2sc3c(c12)CCCC3. The molecule has 4 rings (SSSR count). The Morgan fingerprint density at radius 3 is 2.90 bits per heavy atom. The molecule has 0 aliphatic heterocycles. The molecule has 8 heteroatoms. The number of fused-ring (bicyclic) bond motifs is 3. The summed E-state index contributed by atoms with van der Waals surface area (Å²) in [6.07, 6.45) is 4.49. The van der Waals surface area contributed by atoms with Gasteiger partial charge in [-0.25, -0.2) is 14.8 Å². The van der Waals surface area contributed by atoms with Gasteiger partial charge in [0.15, 0.2) is 5.82 Å². The Kier molecular flexibility index (Phi) is 5.92. The first-order chi connectivity index (χ1) is 14.2. The molecular weight excluding hydrogens is 390 g/mol. The summed E-state index contributed by atoms with van der Waals surface area (Å²) in [5.41, 5.74) is 2.38. The summed E-state index contributed by atoms with van der Waals surface area (Å²) in [4.78, 5) is 22.4. The zero-order chi connectivity index (χ0) is 20.2. The van der Waals surface area contributed by atoms with Gasteiger partial charge in [-0.2, -0.15) is 0 Å². The van der Waals surface area contributed by atoms with Crippen LogP contribution in [0.15, 0.2) is 24.3 Å². The van der Waals surface area contributed by atoms with E-state index in [0.717, 1.165) is 40.2 Å². The summed E-state index contributed by atoms with van der Waals surface area (Å²) in [5.74, 6) is 1.07. The Bertz CT molecular complexity index is 1030. The van der Waals surface area contributed by atoms with Gasteiger partial charge >= 0.3 is 5.97 Å². The molecule has 0 spiro atoms. The van der Waals surface area contributed by atoms with Gasteiger partial charge in [0.2, 0.25) is 0 Å². The fourth-order valence-corrected chi connectivity index (χ4v) is 4.93. The van der Waals surface area contributed by atoms with Gasteiger partial charge in [-0.3, -0.25) is 0 Å². The Labute approximate surface area is 172 Å². The number of hydrogen-bond donors (Lipinski definition) is 2. The lowest BCUT2D eigenvalue weighted by atomic mass is 9.97. The number of ether oxygens (including phenoxy) is 2. The third kappa shape index (κ3) is 4.33. The van der Waals surface area contributed by atoms with Gasteiger partial charge in [0, 0.05) is 17.0 Å². The maximum Gasteiger partial charge on any atom is 0.329 e. The standard InChI is InChI=1S/C21H23N3O4S/c1-27-15-8-4-2-6-13(15)10-22-20-19-14-7-3-5-9-16(14)29-21(19)24-17(23-20)11-28-12-18(25)26/h2,4,6,8H,3,5,7,9-12H2,1H3,(H,25,26)(H,22,23,24). The molecule has 0 fully saturated rings. The first kappa shape index (κ1) is 19.6. The molecule has 1 aromatic carbocycles. The lowest BCUT2D eigenvalue weighted by molar-refractivity contribution is -0.142. The summed E-state index contributed by atoms with van der Waals surface area (Å²) in [5, 5.41) is 13.3. The van der Waals surface area contributed by atoms with Gasteiger partial charge in [0.25, 0.3) is 0 Å². The molecule has 2 heterocycles. The summed E-state index contributed by atoms with van der Waals surface area (Å²) >= 11 is 1.71. The minimum atomic E-state index is -1.01. The summed E-state index contributed by atoms with van der Waals surface area (Å²) < 4.78 is 10.7. The molecule has 1 aliphatic carbocycles. The predicted octanol–water partition coefficient (Wildman–Crippen LogP) is 3.79. The van der Waals surface area contributed by atoms with E-state index in [4.69, 9.17) is 14.6 Å². The van der Waals surface area contributed by atoms with Crippen molar-refractivity contribution < 1.29 is 19.4 Å². The van der Waals surface area contributed by atoms with E-state index in [1.807, 2.05) is 24.3 Å². The normalized spacial score (nSPS) is 13.3. The van der Waals surface area contributed by atoms with Crippen molar-refractivity contribution >= 4 is 33.3 Å². The van der Waals surface area contributed by atoms with Crippen molar-refractivity contribution in [2.45, 2.75) is 38.8 Å². The minimum Gasteiger partial charge on any atom is -0.496 e. The Hall–Kier alpha value is -2.71. The lowest BCUT2D eigenvalue weighted by Gasteiger charge is -2.14. The summed E-state index contributed by atoms with van der Waals surface area (Å²) in [6, 6.07) is 7.87. The highest BCUT2D eigenvalue weighted by molar-refractivity contribution is 7.19. The van der Waals surface area contributed by atoms with Gasteiger partial charge in [-0.15, -0.1) is 11.3 Å². The number of carbonyl (C=O) groups is 1. The Morgan fingerprint density at radius 1 is 1.24 bits per heavy atom. The molecule has 0 radical (unpaired) electrons. The van der Waals surface area contributed by atoms with Crippen LogP contribution in [0.4, 0.5) is 5.82 Å². The Balaban J connectivity index is 1.67. The van der Waals surface area contributed by atoms with Crippen LogP contribution < -0.4 is 10.1 Å². The number of benzene rings is 1. The molecular formula is C21H23N3O4S. The number of carboxylic acid groups (broad SMARTS) is 1. The average Bonchev–Trinajstić information content (AvgIpc) is 3.10. The number of nitrogens with zero attached hydrogens (tertiary/aromatic N) is 2. The Morgan fingerprint density at radius 2 is 2.07 bits per heavy atom. The molecule has 7 nitrogen and oxygen atoms in total. The first-order valence-electron chi connectivity index (χ1n) is 9.62. The summed E-state index contributed by atoms with van der Waals surface area (Å²) in [7, 11) is 1.66. The van der Waals surface area contributed by atoms with Crippen LogP contribution in [0.1, 0.15) is 34.7 Å². The van der Waals surface area contributed by atoms with E-state index in [1.54, 1.807) is 18.4 Å². The largest absolute Gasteiger partial charge is 0.496 e. The highest BCUT2D eigenvalue weighted by Crippen LogP contribution is 2.39. The lowest BCUT2D eigenvalue weighted by Crippen LogP contribution is -2.10. The average molecular weight is 413 g/mol. The molecule has 2 N–H and O–H groups in total. The van der Waals surface area contributed by atoms with E-state index in [1.165, 1.54) is 23.3 Å². The second-order valence-electron chi connectivity index (χ2n) is 6.93. The van der Waals surface area contributed by atoms with E-state index in [0.29, 0.717) is 12.4 Å². The van der Waals surface area contributed by atoms with Crippen LogP contribution in [0.2, 0.25) is 0 Å². The van der Waals surface area contributed by atoms with Crippen LogP contribution >= 0.6 is 11.3 Å². The van der Waals surface area contributed by atoms with Crippen LogP contribution in [0.25, 0.3) is 10.2 Å². The highest BCUT2D eigenvalue weighted by Gasteiger charge is 2.21. The third-order valence-corrected chi connectivity index (χ3v) is 6.14. The van der Waals surface area contributed by atoms with Crippen molar-refractivity contribution in [2.24, 2.45) is 0 Å². The van der Waals surface area contributed by atoms with Crippen molar-refractivity contribution in [3.8, 4) is 5.75 Å². The molecule has 29 heavy (non-hydrogen) atoms. The number of nitrogens with one attached hydrogen (secondary N) is 1. The van der Waals surface area contributed by atoms with E-state index < -0.39 is 5.97 Å². The van der Waals surface area contributed by atoms with Crippen molar-refractivity contribution in [1.82, 2.24) is 9.97 Å². The number of aliphatic carboxylic acids is 1. The zero-order valence-corrected chi connectivity index (χ0v) is 17.1. The minimum absolute atomic E-state index is 0.0636. The topological polar surface area (TPSA) is 93.6 Å². The van der Waals surface area contributed by atoms with Crippen LogP contribution in [0, 0.1) is 0 Å². The molecule has 0 saturated carbocycles. The molecule has 0 amide bonds. The zero-order valence-electron chi connectivity index (χ0n) is 16.2. The van der Waals surface area contributed by atoms with E-state index in [9.17, 15) is 4.79 Å². The molecule has 0 unspecified atom stereocenters. The number of thiophene rings is 1. The number of aryl methyl sites for hydroxylation is 2. The molecule has 1 aliphatic rings. The molecule has 152 valence electrons. The molecule has 0 saturated heterocycles. The monoisotopic (exact) mass is 413 g/mol. The second kappa shape index (κ2) is 8.75. The van der Waals surface area contributed by atoms with Gasteiger partial charge in [-0.05, 0) is 37.3 Å². The van der Waals surface area contributed by atoms with Crippen LogP contribution in [-0.4, -0.2) is 34.8 Å². The van der Waals surface area contributed by atoms with E-state index in [-0.39, 0.29) is 13.2 Å². The highest BCUT2D eigenvalue weighted by atomic mass is 32.1. The number of methoxy groups -OCH3 is 1. The first-order valence-corrected chi connectivity index (χ1v) is 10.4. The third-order valence-electron chi connectivity index (χ3n) is 4.96. The molecule has 2 aromatic heterocycles. The van der Waals surface area contributed by atoms with Crippen molar-refractivity contribution in [3.63, 3.8) is 0 Å². The van der Waals surface area contributed by atoms with E-state index in [2.05, 4.69) is 15.3 Å². The number of carboxylic acids is 1. The van der Waals surface area contributed by atoms with Crippen molar-refractivity contribution in [1.29, 1.82) is 0 Å². The number of para-hydroxylation sites is 1. The number of anilines is 1. The summed E-state index contributed by atoms with van der Waals surface area (Å²) in [6.45, 7) is 0.261. The molecule has 3 aromatic rings. The quantitative estimate of drug-likeness (QED) is 0.580. The van der Waals surface area contributed by atoms with Crippen molar-refractivity contribution in [3.05, 3.63) is 46.1 Å². The van der Waals surface area contributed by atoms with Crippen LogP contribution in [0.5, 0.6) is 5.75 Å². The molecule has 0 atom stereocenters. The predicted molar refractivity (Wildman–Crippen MR) is 112 cm³/mol. The maximum absolute atomic E-state index is 10.7. The van der Waals surface area contributed by atoms with Gasteiger partial charge in [0.05, 0.1) is 12.5 Å².